The van der Waals surface area contributed by atoms with E-state index in [2.05, 4.69) is 0 Å². The predicted octanol–water partition coefficient (Wildman–Crippen LogP) is 2.79. The SMILES string of the molecule is COc1ccc2c(c1)=c1cc(OC)c(C(C)=O)cc1=2. The summed E-state index contributed by atoms with van der Waals surface area (Å²) in [5, 5.41) is 4.50. The summed E-state index contributed by atoms with van der Waals surface area (Å²) in [5.41, 5.74) is 0.628. The number of ketones is 1. The summed E-state index contributed by atoms with van der Waals surface area (Å²) >= 11 is 0. The third kappa shape index (κ3) is 1.62. The van der Waals surface area contributed by atoms with Crippen molar-refractivity contribution in [2.24, 2.45) is 0 Å². The number of methoxy groups -OCH3 is 2. The van der Waals surface area contributed by atoms with Crippen LogP contribution in [0, 0.1) is 20.9 Å². The molecule has 0 saturated carbocycles. The van der Waals surface area contributed by atoms with Crippen LogP contribution in [0.5, 0.6) is 11.5 Å². The zero-order chi connectivity index (χ0) is 13.6. The Morgan fingerprint density at radius 3 is 2.21 bits per heavy atom. The molecule has 0 bridgehead atoms. The average molecular weight is 254 g/mol. The van der Waals surface area contributed by atoms with E-state index in [1.54, 1.807) is 21.1 Å². The molecule has 2 aromatic carbocycles. The Hall–Kier alpha value is -2.29. The quantitative estimate of drug-likeness (QED) is 0.674. The molecule has 0 saturated heterocycles. The van der Waals surface area contributed by atoms with Crippen LogP contribution in [0.1, 0.15) is 17.3 Å². The fraction of sp³-hybridized carbons (Fsp3) is 0.188. The first-order valence-electron chi connectivity index (χ1n) is 6.07. The van der Waals surface area contributed by atoms with Crippen LogP contribution >= 0.6 is 0 Å². The van der Waals surface area contributed by atoms with Gasteiger partial charge in [0.25, 0.3) is 0 Å². The van der Waals surface area contributed by atoms with Crippen LogP contribution < -0.4 is 9.47 Å². The summed E-state index contributed by atoms with van der Waals surface area (Å²) < 4.78 is 10.5. The van der Waals surface area contributed by atoms with Crippen LogP contribution in [0.15, 0.2) is 30.3 Å². The maximum absolute atomic E-state index is 11.6. The smallest absolute Gasteiger partial charge is 0.163 e. The van der Waals surface area contributed by atoms with Crippen molar-refractivity contribution in [3.05, 3.63) is 56.8 Å². The zero-order valence-electron chi connectivity index (χ0n) is 11.1. The minimum Gasteiger partial charge on any atom is -0.497 e. The van der Waals surface area contributed by atoms with Crippen LogP contribution in [0.4, 0.5) is 0 Å². The molecule has 0 spiro atoms. The first-order chi connectivity index (χ1) is 9.15. The van der Waals surface area contributed by atoms with Gasteiger partial charge in [-0.25, -0.2) is 0 Å². The molecule has 1 aliphatic rings. The molecule has 1 aliphatic carbocycles. The molecule has 2 aromatic rings. The van der Waals surface area contributed by atoms with Crippen LogP contribution in [0.2, 0.25) is 0 Å². The molecule has 0 atom stereocenters. The molecule has 0 amide bonds. The zero-order valence-corrected chi connectivity index (χ0v) is 11.1. The molecule has 3 heteroatoms. The van der Waals surface area contributed by atoms with Crippen molar-refractivity contribution in [1.29, 1.82) is 0 Å². The van der Waals surface area contributed by atoms with Gasteiger partial charge in [-0.2, -0.15) is 0 Å². The highest BCUT2D eigenvalue weighted by atomic mass is 16.5. The lowest BCUT2D eigenvalue weighted by molar-refractivity contribution is 0.101. The van der Waals surface area contributed by atoms with E-state index in [0.717, 1.165) is 26.6 Å². The summed E-state index contributed by atoms with van der Waals surface area (Å²) in [7, 11) is 3.24. The Kier molecular flexibility index (Phi) is 2.56. The molecular weight excluding hydrogens is 240 g/mol. The lowest BCUT2D eigenvalue weighted by atomic mass is 9.97. The number of benzene rings is 2. The second-order valence-electron chi connectivity index (χ2n) is 4.57. The summed E-state index contributed by atoms with van der Waals surface area (Å²) in [6.45, 7) is 1.55. The second kappa shape index (κ2) is 4.12. The normalized spacial score (nSPS) is 11.1. The number of ether oxygens (including phenoxy) is 2. The number of hydrogen-bond acceptors (Lipinski definition) is 3. The minimum absolute atomic E-state index is 0.0154. The van der Waals surface area contributed by atoms with Gasteiger partial charge in [-0.05, 0) is 52.1 Å². The van der Waals surface area contributed by atoms with E-state index in [1.807, 2.05) is 30.3 Å². The van der Waals surface area contributed by atoms with Gasteiger partial charge in [-0.3, -0.25) is 4.79 Å². The predicted molar refractivity (Wildman–Crippen MR) is 71.3 cm³/mol. The Labute approximate surface area is 110 Å². The van der Waals surface area contributed by atoms with Crippen molar-refractivity contribution in [1.82, 2.24) is 0 Å². The van der Waals surface area contributed by atoms with Crippen molar-refractivity contribution in [3.8, 4) is 11.5 Å². The molecule has 96 valence electrons. The van der Waals surface area contributed by atoms with E-state index >= 15 is 0 Å². The molecule has 0 aliphatic heterocycles. The summed E-state index contributed by atoms with van der Waals surface area (Å²) in [6, 6.07) is 9.79. The lowest BCUT2D eigenvalue weighted by Crippen LogP contribution is -2.01. The molecule has 0 radical (unpaired) electrons. The van der Waals surface area contributed by atoms with E-state index in [4.69, 9.17) is 9.47 Å². The van der Waals surface area contributed by atoms with Crippen molar-refractivity contribution in [3.63, 3.8) is 0 Å². The lowest BCUT2D eigenvalue weighted by Gasteiger charge is -2.11. The molecule has 3 nitrogen and oxygen atoms in total. The maximum Gasteiger partial charge on any atom is 0.163 e. The Bertz CT molecular complexity index is 866. The fourth-order valence-electron chi connectivity index (χ4n) is 2.52. The molecule has 0 heterocycles. The first kappa shape index (κ1) is 11.8. The summed E-state index contributed by atoms with van der Waals surface area (Å²) in [4.78, 5) is 11.6. The number of rotatable bonds is 3. The largest absolute Gasteiger partial charge is 0.497 e. The summed E-state index contributed by atoms with van der Waals surface area (Å²) in [6.07, 6.45) is 0. The van der Waals surface area contributed by atoms with Gasteiger partial charge in [0.1, 0.15) is 11.5 Å². The van der Waals surface area contributed by atoms with Crippen molar-refractivity contribution in [2.75, 3.05) is 14.2 Å². The number of hydrogen-bond donors (Lipinski definition) is 0. The number of carbonyl (C=O) groups is 1. The van der Waals surface area contributed by atoms with Crippen molar-refractivity contribution in [2.45, 2.75) is 6.92 Å². The first-order valence-corrected chi connectivity index (χ1v) is 6.07. The van der Waals surface area contributed by atoms with Gasteiger partial charge < -0.3 is 9.47 Å². The van der Waals surface area contributed by atoms with Gasteiger partial charge in [0, 0.05) is 0 Å². The van der Waals surface area contributed by atoms with Gasteiger partial charge in [0.15, 0.2) is 5.78 Å². The van der Waals surface area contributed by atoms with Crippen LogP contribution in [-0.2, 0) is 0 Å². The molecular formula is C16H14O3. The third-order valence-electron chi connectivity index (χ3n) is 3.53. The number of carbonyl (C=O) groups excluding carboxylic acids is 1. The van der Waals surface area contributed by atoms with E-state index < -0.39 is 0 Å². The van der Waals surface area contributed by atoms with E-state index in [0.29, 0.717) is 11.3 Å². The third-order valence-corrected chi connectivity index (χ3v) is 3.53. The van der Waals surface area contributed by atoms with Crippen molar-refractivity contribution < 1.29 is 14.3 Å². The Morgan fingerprint density at radius 2 is 1.58 bits per heavy atom. The number of Topliss-reactive ketones (excluding diaryl/α,β-unsaturated/α-hetero) is 1. The van der Waals surface area contributed by atoms with Crippen molar-refractivity contribution >= 4 is 5.78 Å². The van der Waals surface area contributed by atoms with Crippen LogP contribution in [0.25, 0.3) is 0 Å². The molecule has 0 aromatic heterocycles. The van der Waals surface area contributed by atoms with Gasteiger partial charge >= 0.3 is 0 Å². The molecule has 0 fully saturated rings. The van der Waals surface area contributed by atoms with Gasteiger partial charge in [0.05, 0.1) is 19.8 Å². The number of fused-ring (bicyclic) bond motifs is 2. The maximum atomic E-state index is 11.6. The highest BCUT2D eigenvalue weighted by Crippen LogP contribution is 2.25. The van der Waals surface area contributed by atoms with E-state index in [-0.39, 0.29) is 5.78 Å². The Balaban J connectivity index is 2.38. The minimum atomic E-state index is 0.0154. The summed E-state index contributed by atoms with van der Waals surface area (Å²) in [5.74, 6) is 1.47. The van der Waals surface area contributed by atoms with Crippen LogP contribution in [0.3, 0.4) is 0 Å². The van der Waals surface area contributed by atoms with E-state index in [1.165, 1.54) is 0 Å². The standard InChI is InChI=1S/C16H14O3/c1-9(17)12-7-14-11-5-4-10(18-2)6-13(11)15(14)8-16(12)19-3/h4-8H,1-3H3. The van der Waals surface area contributed by atoms with Gasteiger partial charge in [-0.1, -0.05) is 6.07 Å². The topological polar surface area (TPSA) is 35.5 Å². The molecule has 19 heavy (non-hydrogen) atoms. The second-order valence-corrected chi connectivity index (χ2v) is 4.57. The van der Waals surface area contributed by atoms with Gasteiger partial charge in [-0.15, -0.1) is 0 Å². The van der Waals surface area contributed by atoms with Crippen LogP contribution in [-0.4, -0.2) is 20.0 Å². The van der Waals surface area contributed by atoms with E-state index in [9.17, 15) is 4.79 Å². The fourth-order valence-corrected chi connectivity index (χ4v) is 2.52. The molecule has 0 N–H and O–H groups in total. The highest BCUT2D eigenvalue weighted by molar-refractivity contribution is 5.96. The molecule has 0 unspecified atom stereocenters. The average Bonchev–Trinajstić information content (AvgIpc) is 2.42. The monoisotopic (exact) mass is 254 g/mol. The Morgan fingerprint density at radius 1 is 0.895 bits per heavy atom. The molecule has 3 rings (SSSR count). The highest BCUT2D eigenvalue weighted by Gasteiger charge is 2.12. The van der Waals surface area contributed by atoms with Gasteiger partial charge in [0.2, 0.25) is 0 Å².